The predicted octanol–water partition coefficient (Wildman–Crippen LogP) is 2.99. The van der Waals surface area contributed by atoms with Gasteiger partial charge in [0.05, 0.1) is 6.04 Å². The highest BCUT2D eigenvalue weighted by Crippen LogP contribution is 2.46. The third-order valence-corrected chi connectivity index (χ3v) is 6.74. The Hall–Kier alpha value is -4.67. The van der Waals surface area contributed by atoms with Gasteiger partial charge < -0.3 is 10.6 Å². The molecule has 11 heteroatoms. The molecule has 0 aliphatic heterocycles. The minimum atomic E-state index is -0.473. The monoisotopic (exact) mass is 515 g/mol. The van der Waals surface area contributed by atoms with Gasteiger partial charge in [0.1, 0.15) is 23.5 Å². The van der Waals surface area contributed by atoms with E-state index in [9.17, 15) is 18.8 Å². The van der Waals surface area contributed by atoms with Crippen LogP contribution in [0, 0.1) is 18.2 Å². The predicted molar refractivity (Wildman–Crippen MR) is 137 cm³/mol. The van der Waals surface area contributed by atoms with Gasteiger partial charge in [-0.2, -0.15) is 5.10 Å². The van der Waals surface area contributed by atoms with Crippen LogP contribution in [-0.4, -0.2) is 37.0 Å². The Labute approximate surface area is 217 Å². The molecule has 2 heterocycles. The van der Waals surface area contributed by atoms with Crippen molar-refractivity contribution in [3.05, 3.63) is 98.7 Å². The highest BCUT2D eigenvalue weighted by molar-refractivity contribution is 5.97. The van der Waals surface area contributed by atoms with Crippen LogP contribution in [0.1, 0.15) is 63.1 Å². The third-order valence-electron chi connectivity index (χ3n) is 6.74. The van der Waals surface area contributed by atoms with Gasteiger partial charge in [-0.3, -0.25) is 14.6 Å². The summed E-state index contributed by atoms with van der Waals surface area (Å²) in [5, 5.41) is 12.2. The summed E-state index contributed by atoms with van der Waals surface area (Å²) in [6.07, 6.45) is 1.88. The molecule has 2 aromatic heterocycles. The van der Waals surface area contributed by atoms with Crippen molar-refractivity contribution in [1.29, 1.82) is 0 Å². The van der Waals surface area contributed by atoms with E-state index in [1.54, 1.807) is 19.1 Å². The molecule has 1 atom stereocenters. The van der Waals surface area contributed by atoms with E-state index in [2.05, 4.69) is 49.6 Å². The molecule has 0 radical (unpaired) electrons. The highest BCUT2D eigenvalue weighted by Gasteiger charge is 2.40. The van der Waals surface area contributed by atoms with Crippen molar-refractivity contribution in [1.82, 2.24) is 35.8 Å². The standard InChI is InChI=1S/C27H26FN7O3/c1-14-8-15(4-7-19(14)28)12-29-24(36)20-10-21(31-13-30-20)25(37)32-22-18-6-5-16(23-33-26(38)35-34-23)9-17(18)11-27(22,2)3/h4-10,13,22H,11-12H2,1-3H3,(H,29,36)(H,32,37)(H2,33,34,35,38)/t22-/m1/s1. The van der Waals surface area contributed by atoms with Crippen LogP contribution in [0.4, 0.5) is 4.39 Å². The maximum atomic E-state index is 13.5. The number of aryl methyl sites for hydroxylation is 1. The Balaban J connectivity index is 1.30. The van der Waals surface area contributed by atoms with E-state index in [-0.39, 0.29) is 40.9 Å². The lowest BCUT2D eigenvalue weighted by molar-refractivity contribution is 0.0898. The second kappa shape index (κ2) is 9.66. The Bertz CT molecular complexity index is 1610. The first-order valence-corrected chi connectivity index (χ1v) is 12.0. The first kappa shape index (κ1) is 25.0. The molecule has 2 aromatic carbocycles. The largest absolute Gasteiger partial charge is 0.347 e. The number of benzene rings is 2. The topological polar surface area (TPSA) is 146 Å². The molecule has 0 spiro atoms. The maximum absolute atomic E-state index is 13.5. The van der Waals surface area contributed by atoms with Crippen molar-refractivity contribution >= 4 is 11.8 Å². The molecular formula is C27H26FN7O3. The molecule has 10 nitrogen and oxygen atoms in total. The zero-order valence-corrected chi connectivity index (χ0v) is 21.1. The van der Waals surface area contributed by atoms with E-state index < -0.39 is 11.8 Å². The lowest BCUT2D eigenvalue weighted by atomic mass is 9.85. The summed E-state index contributed by atoms with van der Waals surface area (Å²) in [6.45, 7) is 5.96. The number of rotatable bonds is 6. The number of amides is 2. The van der Waals surface area contributed by atoms with Crippen molar-refractivity contribution in [2.75, 3.05) is 0 Å². The third kappa shape index (κ3) is 4.95. The fourth-order valence-electron chi connectivity index (χ4n) is 4.78. The number of nitrogens with zero attached hydrogens (tertiary/aromatic N) is 3. The van der Waals surface area contributed by atoms with Gasteiger partial charge in [0.25, 0.3) is 11.8 Å². The SMILES string of the molecule is Cc1cc(CNC(=O)c2cc(C(=O)N[C@@H]3c4ccc(-c5n[nH]c(=O)[nH]5)cc4CC3(C)C)ncn2)ccc1F. The number of hydrogen-bond acceptors (Lipinski definition) is 6. The van der Waals surface area contributed by atoms with Crippen LogP contribution in [0.5, 0.6) is 0 Å². The van der Waals surface area contributed by atoms with Gasteiger partial charge in [0, 0.05) is 18.2 Å². The maximum Gasteiger partial charge on any atom is 0.340 e. The Morgan fingerprint density at radius 3 is 2.55 bits per heavy atom. The normalized spacial score (nSPS) is 15.6. The van der Waals surface area contributed by atoms with E-state index in [1.165, 1.54) is 18.5 Å². The van der Waals surface area contributed by atoms with E-state index in [4.69, 9.17) is 0 Å². The number of aromatic nitrogens is 5. The second-order valence-electron chi connectivity index (χ2n) is 10.1. The van der Waals surface area contributed by atoms with Crippen LogP contribution in [0.15, 0.2) is 53.6 Å². The molecule has 0 unspecified atom stereocenters. The Morgan fingerprint density at radius 1 is 1.08 bits per heavy atom. The van der Waals surface area contributed by atoms with Gasteiger partial charge in [-0.25, -0.2) is 24.3 Å². The fraction of sp³-hybridized carbons (Fsp3) is 0.259. The zero-order chi connectivity index (χ0) is 27.0. The van der Waals surface area contributed by atoms with Gasteiger partial charge >= 0.3 is 5.69 Å². The number of nitrogens with one attached hydrogen (secondary N) is 4. The molecule has 2 amide bonds. The van der Waals surface area contributed by atoms with Crippen LogP contribution < -0.4 is 16.3 Å². The van der Waals surface area contributed by atoms with E-state index in [1.807, 2.05) is 18.2 Å². The number of hydrogen-bond donors (Lipinski definition) is 4. The lowest BCUT2D eigenvalue weighted by Crippen LogP contribution is -2.36. The number of fused-ring (bicyclic) bond motifs is 1. The molecule has 0 saturated heterocycles. The van der Waals surface area contributed by atoms with E-state index in [0.717, 1.165) is 22.3 Å². The Morgan fingerprint density at radius 2 is 1.84 bits per heavy atom. The van der Waals surface area contributed by atoms with Crippen LogP contribution in [0.3, 0.4) is 0 Å². The number of carbonyl (C=O) groups is 2. The summed E-state index contributed by atoms with van der Waals surface area (Å²) >= 11 is 0. The van der Waals surface area contributed by atoms with E-state index in [0.29, 0.717) is 17.8 Å². The van der Waals surface area contributed by atoms with Crippen molar-refractivity contribution < 1.29 is 14.0 Å². The summed E-state index contributed by atoms with van der Waals surface area (Å²) < 4.78 is 13.5. The minimum absolute atomic E-state index is 0.0488. The van der Waals surface area contributed by atoms with Crippen LogP contribution in [0.25, 0.3) is 11.4 Å². The van der Waals surface area contributed by atoms with Gasteiger partial charge in [-0.15, -0.1) is 0 Å². The average Bonchev–Trinajstić information content (AvgIpc) is 3.43. The van der Waals surface area contributed by atoms with Crippen LogP contribution in [0.2, 0.25) is 0 Å². The molecular weight excluding hydrogens is 489 g/mol. The first-order chi connectivity index (χ1) is 18.1. The molecule has 5 rings (SSSR count). The molecule has 0 bridgehead atoms. The van der Waals surface area contributed by atoms with Crippen LogP contribution >= 0.6 is 0 Å². The van der Waals surface area contributed by atoms with Crippen molar-refractivity contribution in [2.24, 2.45) is 5.41 Å². The summed E-state index contributed by atoms with van der Waals surface area (Å²) in [5.41, 5.74) is 3.45. The first-order valence-electron chi connectivity index (χ1n) is 12.0. The average molecular weight is 516 g/mol. The van der Waals surface area contributed by atoms with Gasteiger partial charge in [-0.1, -0.05) is 38.1 Å². The zero-order valence-electron chi connectivity index (χ0n) is 21.1. The molecule has 4 aromatic rings. The number of aromatic amines is 2. The summed E-state index contributed by atoms with van der Waals surface area (Å²) in [6, 6.07) is 11.4. The summed E-state index contributed by atoms with van der Waals surface area (Å²) in [5.74, 6) is -0.764. The number of H-pyrrole nitrogens is 2. The molecule has 38 heavy (non-hydrogen) atoms. The van der Waals surface area contributed by atoms with Gasteiger partial charge in [-0.05, 0) is 53.1 Å². The molecule has 0 saturated carbocycles. The fourth-order valence-corrected chi connectivity index (χ4v) is 4.78. The van der Waals surface area contributed by atoms with Gasteiger partial charge in [0.15, 0.2) is 5.82 Å². The Kier molecular flexibility index (Phi) is 6.35. The smallest absolute Gasteiger partial charge is 0.340 e. The lowest BCUT2D eigenvalue weighted by Gasteiger charge is -2.28. The summed E-state index contributed by atoms with van der Waals surface area (Å²) in [7, 11) is 0. The highest BCUT2D eigenvalue weighted by atomic mass is 19.1. The molecule has 1 aliphatic carbocycles. The number of halogens is 1. The van der Waals surface area contributed by atoms with E-state index >= 15 is 0 Å². The van der Waals surface area contributed by atoms with Crippen molar-refractivity contribution in [3.8, 4) is 11.4 Å². The van der Waals surface area contributed by atoms with Crippen molar-refractivity contribution in [2.45, 2.75) is 39.8 Å². The quantitative estimate of drug-likeness (QED) is 0.311. The molecule has 194 valence electrons. The molecule has 1 aliphatic rings. The molecule has 4 N–H and O–H groups in total. The minimum Gasteiger partial charge on any atom is -0.347 e. The van der Waals surface area contributed by atoms with Gasteiger partial charge in [0.2, 0.25) is 0 Å². The summed E-state index contributed by atoms with van der Waals surface area (Å²) in [4.78, 5) is 48.0. The number of carbonyl (C=O) groups excluding carboxylic acids is 2. The van der Waals surface area contributed by atoms with Crippen molar-refractivity contribution in [3.63, 3.8) is 0 Å². The van der Waals surface area contributed by atoms with Crippen LogP contribution in [-0.2, 0) is 13.0 Å². The second-order valence-corrected chi connectivity index (χ2v) is 10.1. The molecule has 0 fully saturated rings.